The van der Waals surface area contributed by atoms with Crippen molar-refractivity contribution >= 4 is 18.5 Å². The van der Waals surface area contributed by atoms with Gasteiger partial charge in [0, 0.05) is 16.5 Å². The molecule has 4 heteroatoms. The van der Waals surface area contributed by atoms with Crippen molar-refractivity contribution in [3.63, 3.8) is 0 Å². The Morgan fingerprint density at radius 2 is 2.17 bits per heavy atom. The van der Waals surface area contributed by atoms with E-state index < -0.39 is 5.82 Å². The molecule has 1 atom stereocenters. The molecule has 0 bridgehead atoms. The zero-order valence-electron chi connectivity index (χ0n) is 10.9. The van der Waals surface area contributed by atoms with Crippen LogP contribution in [0.3, 0.4) is 0 Å². The monoisotopic (exact) mass is 269 g/mol. The predicted molar refractivity (Wildman–Crippen MR) is 74.7 cm³/mol. The van der Waals surface area contributed by atoms with E-state index in [0.717, 1.165) is 12.8 Å². The lowest BCUT2D eigenvalue weighted by Crippen LogP contribution is -2.32. The van der Waals surface area contributed by atoms with E-state index in [1.54, 1.807) is 0 Å². The molecular weight excluding hydrogens is 249 g/mol. The van der Waals surface area contributed by atoms with Crippen LogP contribution in [0.15, 0.2) is 23.1 Å². The molecule has 1 rings (SSSR count). The molecule has 2 nitrogen and oxygen atoms in total. The summed E-state index contributed by atoms with van der Waals surface area (Å²) in [5.74, 6) is -0.583. The predicted octanol–water partition coefficient (Wildman–Crippen LogP) is 3.81. The molecule has 0 radical (unpaired) electrons. The van der Waals surface area contributed by atoms with Crippen LogP contribution in [0.25, 0.3) is 0 Å². The van der Waals surface area contributed by atoms with E-state index in [2.05, 4.69) is 24.9 Å². The van der Waals surface area contributed by atoms with E-state index in [-0.39, 0.29) is 16.8 Å². The van der Waals surface area contributed by atoms with Crippen LogP contribution in [0, 0.1) is 5.82 Å². The number of unbranched alkanes of at least 4 members (excludes halogenated alkanes) is 2. The quantitative estimate of drug-likeness (QED) is 0.596. The number of carbonyl (C=O) groups is 1. The SMILES string of the molecule is CCCCCC(C)NC(=O)c1ccc(F)c(S)c1. The van der Waals surface area contributed by atoms with Crippen LogP contribution >= 0.6 is 12.6 Å². The fraction of sp³-hybridized carbons (Fsp3) is 0.500. The summed E-state index contributed by atoms with van der Waals surface area (Å²) in [7, 11) is 0. The zero-order chi connectivity index (χ0) is 13.5. The minimum atomic E-state index is -0.411. The van der Waals surface area contributed by atoms with Gasteiger partial charge in [0.25, 0.3) is 5.91 Å². The first-order valence-electron chi connectivity index (χ1n) is 6.34. The Kier molecular flexibility index (Phi) is 6.19. The molecule has 18 heavy (non-hydrogen) atoms. The van der Waals surface area contributed by atoms with Crippen LogP contribution in [0.2, 0.25) is 0 Å². The third-order valence-electron chi connectivity index (χ3n) is 2.83. The molecule has 1 aromatic rings. The minimum absolute atomic E-state index is 0.137. The van der Waals surface area contributed by atoms with Gasteiger partial charge in [0.15, 0.2) is 0 Å². The average molecular weight is 269 g/mol. The first kappa shape index (κ1) is 15.0. The number of halogens is 1. The van der Waals surface area contributed by atoms with Gasteiger partial charge in [-0.1, -0.05) is 26.2 Å². The van der Waals surface area contributed by atoms with Crippen molar-refractivity contribution in [3.8, 4) is 0 Å². The van der Waals surface area contributed by atoms with Gasteiger partial charge >= 0.3 is 0 Å². The number of hydrogen-bond donors (Lipinski definition) is 2. The number of nitrogens with one attached hydrogen (secondary N) is 1. The third kappa shape index (κ3) is 4.69. The Bertz CT molecular complexity index is 409. The molecule has 1 amide bonds. The summed E-state index contributed by atoms with van der Waals surface area (Å²) in [6, 6.07) is 4.33. The van der Waals surface area contributed by atoms with Gasteiger partial charge in [0.2, 0.25) is 0 Å². The lowest BCUT2D eigenvalue weighted by atomic mass is 10.1. The normalized spacial score (nSPS) is 12.2. The van der Waals surface area contributed by atoms with E-state index >= 15 is 0 Å². The minimum Gasteiger partial charge on any atom is -0.350 e. The van der Waals surface area contributed by atoms with Crippen molar-refractivity contribution in [2.75, 3.05) is 0 Å². The summed E-state index contributed by atoms with van der Waals surface area (Å²) >= 11 is 3.97. The highest BCUT2D eigenvalue weighted by molar-refractivity contribution is 7.80. The van der Waals surface area contributed by atoms with Crippen LogP contribution in [0.4, 0.5) is 4.39 Å². The van der Waals surface area contributed by atoms with Crippen molar-refractivity contribution in [1.82, 2.24) is 5.32 Å². The van der Waals surface area contributed by atoms with Gasteiger partial charge in [-0.05, 0) is 31.5 Å². The van der Waals surface area contributed by atoms with Gasteiger partial charge in [-0.3, -0.25) is 4.79 Å². The Labute approximate surface area is 113 Å². The summed E-state index contributed by atoms with van der Waals surface area (Å²) in [6.07, 6.45) is 4.42. The molecule has 1 unspecified atom stereocenters. The highest BCUT2D eigenvalue weighted by Gasteiger charge is 2.11. The smallest absolute Gasteiger partial charge is 0.251 e. The molecule has 1 aromatic carbocycles. The highest BCUT2D eigenvalue weighted by Crippen LogP contribution is 2.14. The van der Waals surface area contributed by atoms with Crippen molar-refractivity contribution in [2.24, 2.45) is 0 Å². The maximum atomic E-state index is 13.0. The van der Waals surface area contributed by atoms with Gasteiger partial charge in [0.1, 0.15) is 5.82 Å². The summed E-state index contributed by atoms with van der Waals surface area (Å²) in [6.45, 7) is 4.13. The molecule has 0 aromatic heterocycles. The maximum Gasteiger partial charge on any atom is 0.251 e. The summed E-state index contributed by atoms with van der Waals surface area (Å²) in [5.41, 5.74) is 0.448. The van der Waals surface area contributed by atoms with Crippen molar-refractivity contribution in [3.05, 3.63) is 29.6 Å². The number of rotatable bonds is 6. The second-order valence-corrected chi connectivity index (χ2v) is 5.02. The lowest BCUT2D eigenvalue weighted by molar-refractivity contribution is 0.0937. The Balaban J connectivity index is 2.51. The molecular formula is C14H20FNOS. The fourth-order valence-electron chi connectivity index (χ4n) is 1.73. The van der Waals surface area contributed by atoms with E-state index in [9.17, 15) is 9.18 Å². The van der Waals surface area contributed by atoms with Crippen LogP contribution in [0.5, 0.6) is 0 Å². The van der Waals surface area contributed by atoms with Crippen molar-refractivity contribution in [1.29, 1.82) is 0 Å². The number of benzene rings is 1. The molecule has 0 fully saturated rings. The van der Waals surface area contributed by atoms with Gasteiger partial charge in [-0.25, -0.2) is 4.39 Å². The molecule has 0 spiro atoms. The lowest BCUT2D eigenvalue weighted by Gasteiger charge is -2.13. The standard InChI is InChI=1S/C14H20FNOS/c1-3-4-5-6-10(2)16-14(17)11-7-8-12(15)13(18)9-11/h7-10,18H,3-6H2,1-2H3,(H,16,17). The molecule has 0 aliphatic carbocycles. The summed E-state index contributed by atoms with van der Waals surface area (Å²) in [4.78, 5) is 12.1. The zero-order valence-corrected chi connectivity index (χ0v) is 11.8. The molecule has 100 valence electrons. The van der Waals surface area contributed by atoms with Crippen molar-refractivity contribution < 1.29 is 9.18 Å². The molecule has 0 saturated carbocycles. The van der Waals surface area contributed by atoms with Gasteiger partial charge in [0.05, 0.1) is 0 Å². The van der Waals surface area contributed by atoms with Gasteiger partial charge in [-0.15, -0.1) is 12.6 Å². The second kappa shape index (κ2) is 7.41. The highest BCUT2D eigenvalue weighted by atomic mass is 32.1. The van der Waals surface area contributed by atoms with Crippen LogP contribution in [-0.2, 0) is 0 Å². The van der Waals surface area contributed by atoms with Crippen LogP contribution in [-0.4, -0.2) is 11.9 Å². The molecule has 0 saturated heterocycles. The van der Waals surface area contributed by atoms with Crippen LogP contribution in [0.1, 0.15) is 49.9 Å². The summed E-state index contributed by atoms with van der Waals surface area (Å²) in [5, 5.41) is 2.91. The second-order valence-electron chi connectivity index (χ2n) is 4.54. The first-order valence-corrected chi connectivity index (χ1v) is 6.78. The van der Waals surface area contributed by atoms with Gasteiger partial charge in [-0.2, -0.15) is 0 Å². The number of thiol groups is 1. The van der Waals surface area contributed by atoms with Gasteiger partial charge < -0.3 is 5.32 Å². The molecule has 1 N–H and O–H groups in total. The molecule has 0 aliphatic rings. The molecule has 0 heterocycles. The van der Waals surface area contributed by atoms with E-state index in [1.165, 1.54) is 31.0 Å². The topological polar surface area (TPSA) is 29.1 Å². The Morgan fingerprint density at radius 3 is 2.78 bits per heavy atom. The molecule has 0 aliphatic heterocycles. The average Bonchev–Trinajstić information content (AvgIpc) is 2.33. The maximum absolute atomic E-state index is 13.0. The number of amides is 1. The number of carbonyl (C=O) groups excluding carboxylic acids is 1. The van der Waals surface area contributed by atoms with E-state index in [1.807, 2.05) is 6.92 Å². The number of hydrogen-bond acceptors (Lipinski definition) is 2. The Morgan fingerprint density at radius 1 is 1.44 bits per heavy atom. The third-order valence-corrected chi connectivity index (χ3v) is 3.17. The van der Waals surface area contributed by atoms with E-state index in [0.29, 0.717) is 5.56 Å². The van der Waals surface area contributed by atoms with Crippen molar-refractivity contribution in [2.45, 2.75) is 50.5 Å². The Hall–Kier alpha value is -1.03. The van der Waals surface area contributed by atoms with E-state index in [4.69, 9.17) is 0 Å². The fourth-order valence-corrected chi connectivity index (χ4v) is 1.95. The largest absolute Gasteiger partial charge is 0.350 e. The first-order chi connectivity index (χ1) is 8.54. The van der Waals surface area contributed by atoms with Crippen LogP contribution < -0.4 is 5.32 Å². The summed E-state index contributed by atoms with van der Waals surface area (Å²) < 4.78 is 13.0.